The van der Waals surface area contributed by atoms with Gasteiger partial charge in [0.15, 0.2) is 11.5 Å². The highest BCUT2D eigenvalue weighted by atomic mass is 16.5. The summed E-state index contributed by atoms with van der Waals surface area (Å²) in [5.41, 5.74) is 3.61. The molecule has 1 aliphatic heterocycles. The average molecular weight is 471 g/mol. The van der Waals surface area contributed by atoms with Crippen molar-refractivity contribution < 1.29 is 14.3 Å². The predicted molar refractivity (Wildman–Crippen MR) is 134 cm³/mol. The smallest absolute Gasteiger partial charge is 0.257 e. The van der Waals surface area contributed by atoms with E-state index in [-0.39, 0.29) is 12.5 Å². The minimum absolute atomic E-state index is 0.0209. The molecule has 5 rings (SSSR count). The van der Waals surface area contributed by atoms with Gasteiger partial charge in [0, 0.05) is 37.9 Å². The van der Waals surface area contributed by atoms with Crippen LogP contribution in [0.3, 0.4) is 0 Å². The van der Waals surface area contributed by atoms with Crippen LogP contribution in [0, 0.1) is 5.92 Å². The average Bonchev–Trinajstić information content (AvgIpc) is 3.27. The molecule has 1 atom stereocenters. The molecule has 0 N–H and O–H groups in total. The van der Waals surface area contributed by atoms with Gasteiger partial charge in [-0.25, -0.2) is 0 Å². The van der Waals surface area contributed by atoms with Crippen molar-refractivity contribution in [2.45, 2.75) is 32.3 Å². The van der Waals surface area contributed by atoms with Crippen molar-refractivity contribution in [2.75, 3.05) is 20.2 Å². The van der Waals surface area contributed by atoms with Crippen LogP contribution in [0.15, 0.2) is 73.3 Å². The summed E-state index contributed by atoms with van der Waals surface area (Å²) in [5, 5.41) is 0. The number of ether oxygens (including phenoxy) is 2. The first-order chi connectivity index (χ1) is 17.2. The van der Waals surface area contributed by atoms with Crippen LogP contribution in [0.2, 0.25) is 0 Å². The van der Waals surface area contributed by atoms with Crippen molar-refractivity contribution in [3.05, 3.63) is 90.3 Å². The Balaban J connectivity index is 1.29. The van der Waals surface area contributed by atoms with Crippen LogP contribution in [0.25, 0.3) is 5.52 Å². The first-order valence-electron chi connectivity index (χ1n) is 12.1. The summed E-state index contributed by atoms with van der Waals surface area (Å²) in [6.07, 6.45) is 11.5. The van der Waals surface area contributed by atoms with Crippen LogP contribution < -0.4 is 9.47 Å². The van der Waals surface area contributed by atoms with E-state index in [1.807, 2.05) is 53.7 Å². The second-order valence-corrected chi connectivity index (χ2v) is 8.91. The summed E-state index contributed by atoms with van der Waals surface area (Å²) in [7, 11) is 1.59. The van der Waals surface area contributed by atoms with Crippen LogP contribution in [0.4, 0.5) is 0 Å². The summed E-state index contributed by atoms with van der Waals surface area (Å²) in [6, 6.07) is 15.3. The number of aromatic nitrogens is 3. The van der Waals surface area contributed by atoms with Gasteiger partial charge in [0.05, 0.1) is 29.6 Å². The number of likely N-dealkylation sites (tertiary alicyclic amines) is 1. The molecule has 0 saturated carbocycles. The Labute approximate surface area is 205 Å². The third-order valence-electron chi connectivity index (χ3n) is 6.67. The Kier molecular flexibility index (Phi) is 6.93. The van der Waals surface area contributed by atoms with Crippen LogP contribution >= 0.6 is 0 Å². The highest BCUT2D eigenvalue weighted by molar-refractivity contribution is 5.97. The lowest BCUT2D eigenvalue weighted by atomic mass is 9.95. The third kappa shape index (κ3) is 5.14. The standard InChI is InChI=1S/C28H30N4O3/c1-34-26-11-4-9-23(27(26)35-20-22-8-2-3-13-29-22)28(33)32-16-5-7-21(12-17-32)19-24-25-10-6-15-31(25)18-14-30-24/h2-4,6,8-11,13-15,18,21H,5,7,12,16-17,19-20H2,1H3/t21-/m1/s1. The Morgan fingerprint density at radius 2 is 1.94 bits per heavy atom. The van der Waals surface area contributed by atoms with E-state index in [4.69, 9.17) is 9.47 Å². The van der Waals surface area contributed by atoms with Crippen LogP contribution in [-0.2, 0) is 13.0 Å². The number of fused-ring (bicyclic) bond motifs is 1. The second kappa shape index (κ2) is 10.6. The van der Waals surface area contributed by atoms with Gasteiger partial charge in [-0.3, -0.25) is 14.8 Å². The topological polar surface area (TPSA) is 69.0 Å². The van der Waals surface area contributed by atoms with Crippen molar-refractivity contribution in [3.8, 4) is 11.5 Å². The first-order valence-corrected chi connectivity index (χ1v) is 12.1. The van der Waals surface area contributed by atoms with Crippen molar-refractivity contribution in [3.63, 3.8) is 0 Å². The molecule has 1 fully saturated rings. The van der Waals surface area contributed by atoms with Crippen LogP contribution in [0.1, 0.15) is 41.0 Å². The van der Waals surface area contributed by atoms with Crippen molar-refractivity contribution in [1.29, 1.82) is 0 Å². The molecule has 35 heavy (non-hydrogen) atoms. The molecule has 0 aliphatic carbocycles. The maximum atomic E-state index is 13.6. The van der Waals surface area contributed by atoms with E-state index < -0.39 is 0 Å². The molecule has 180 valence electrons. The lowest BCUT2D eigenvalue weighted by Crippen LogP contribution is -2.32. The Bertz CT molecular complexity index is 1290. The summed E-state index contributed by atoms with van der Waals surface area (Å²) in [5.74, 6) is 1.49. The SMILES string of the molecule is COc1cccc(C(=O)N2CCC[C@@H](Cc3nccn4cccc34)CC2)c1OCc1ccccn1. The van der Waals surface area contributed by atoms with Gasteiger partial charge >= 0.3 is 0 Å². The van der Waals surface area contributed by atoms with E-state index in [9.17, 15) is 4.79 Å². The molecule has 7 heteroatoms. The van der Waals surface area contributed by atoms with Crippen molar-refractivity contribution in [2.24, 2.45) is 5.92 Å². The van der Waals surface area contributed by atoms with E-state index in [1.165, 1.54) is 0 Å². The molecule has 3 aromatic heterocycles. The maximum Gasteiger partial charge on any atom is 0.257 e. The molecule has 1 aliphatic rings. The second-order valence-electron chi connectivity index (χ2n) is 8.91. The highest BCUT2D eigenvalue weighted by Crippen LogP contribution is 2.33. The number of benzene rings is 1. The van der Waals surface area contributed by atoms with Gasteiger partial charge in [0.1, 0.15) is 6.61 Å². The predicted octanol–water partition coefficient (Wildman–Crippen LogP) is 4.80. The third-order valence-corrected chi connectivity index (χ3v) is 6.67. The zero-order chi connectivity index (χ0) is 24.0. The summed E-state index contributed by atoms with van der Waals surface area (Å²) in [4.78, 5) is 24.5. The molecule has 4 heterocycles. The zero-order valence-electron chi connectivity index (χ0n) is 20.0. The van der Waals surface area contributed by atoms with Gasteiger partial charge < -0.3 is 18.8 Å². The number of carbonyl (C=O) groups is 1. The molecular weight excluding hydrogens is 440 g/mol. The monoisotopic (exact) mass is 470 g/mol. The molecular formula is C28H30N4O3. The van der Waals surface area contributed by atoms with Crippen molar-refractivity contribution >= 4 is 11.4 Å². The fourth-order valence-electron chi connectivity index (χ4n) is 4.83. The minimum Gasteiger partial charge on any atom is -0.493 e. The molecule has 0 spiro atoms. The summed E-state index contributed by atoms with van der Waals surface area (Å²) >= 11 is 0. The summed E-state index contributed by atoms with van der Waals surface area (Å²) < 4.78 is 13.7. The number of rotatable bonds is 7. The van der Waals surface area contributed by atoms with E-state index in [2.05, 4.69) is 32.7 Å². The molecule has 1 amide bonds. The zero-order valence-corrected chi connectivity index (χ0v) is 20.0. The number of nitrogens with zero attached hydrogens (tertiary/aromatic N) is 4. The summed E-state index contributed by atoms with van der Waals surface area (Å²) in [6.45, 7) is 1.71. The fourth-order valence-corrected chi connectivity index (χ4v) is 4.83. The lowest BCUT2D eigenvalue weighted by Gasteiger charge is -2.23. The number of pyridine rings is 1. The molecule has 0 unspecified atom stereocenters. The largest absolute Gasteiger partial charge is 0.493 e. The van der Waals surface area contributed by atoms with Gasteiger partial charge in [0.25, 0.3) is 5.91 Å². The number of hydrogen-bond acceptors (Lipinski definition) is 5. The van der Waals surface area contributed by atoms with Gasteiger partial charge in [-0.05, 0) is 68.0 Å². The quantitative estimate of drug-likeness (QED) is 0.388. The maximum absolute atomic E-state index is 13.6. The number of carbonyl (C=O) groups excluding carboxylic acids is 1. The van der Waals surface area contributed by atoms with Gasteiger partial charge in [-0.15, -0.1) is 0 Å². The Hall–Kier alpha value is -3.87. The Morgan fingerprint density at radius 3 is 2.80 bits per heavy atom. The molecule has 1 aromatic carbocycles. The molecule has 7 nitrogen and oxygen atoms in total. The van der Waals surface area contributed by atoms with Gasteiger partial charge in [-0.1, -0.05) is 12.1 Å². The minimum atomic E-state index is -0.0209. The van der Waals surface area contributed by atoms with Gasteiger partial charge in [-0.2, -0.15) is 0 Å². The number of methoxy groups -OCH3 is 1. The lowest BCUT2D eigenvalue weighted by molar-refractivity contribution is 0.0754. The van der Waals surface area contributed by atoms with Gasteiger partial charge in [0.2, 0.25) is 0 Å². The van der Waals surface area contributed by atoms with Crippen LogP contribution in [0.5, 0.6) is 11.5 Å². The number of para-hydroxylation sites is 1. The fraction of sp³-hybridized carbons (Fsp3) is 0.321. The normalized spacial score (nSPS) is 16.1. The van der Waals surface area contributed by atoms with E-state index in [0.29, 0.717) is 29.5 Å². The van der Waals surface area contributed by atoms with Crippen molar-refractivity contribution in [1.82, 2.24) is 19.3 Å². The van der Waals surface area contributed by atoms with E-state index in [0.717, 1.165) is 49.1 Å². The van der Waals surface area contributed by atoms with E-state index in [1.54, 1.807) is 13.3 Å². The van der Waals surface area contributed by atoms with E-state index >= 15 is 0 Å². The number of hydrogen-bond donors (Lipinski definition) is 0. The molecule has 1 saturated heterocycles. The molecule has 0 bridgehead atoms. The molecule has 0 radical (unpaired) electrons. The number of amides is 1. The van der Waals surface area contributed by atoms with Crippen LogP contribution in [-0.4, -0.2) is 45.4 Å². The Morgan fingerprint density at radius 1 is 1.00 bits per heavy atom. The first kappa shape index (κ1) is 22.9. The highest BCUT2D eigenvalue weighted by Gasteiger charge is 2.26. The molecule has 4 aromatic rings.